The number of aliphatic imine (C=N–C) groups is 1. The molecule has 5 N–H and O–H groups in total. The molecule has 2 atom stereocenters. The van der Waals surface area contributed by atoms with Gasteiger partial charge in [0.1, 0.15) is 0 Å². The van der Waals surface area contributed by atoms with Crippen molar-refractivity contribution >= 4 is 28.7 Å². The summed E-state index contributed by atoms with van der Waals surface area (Å²) in [6, 6.07) is 2.86. The van der Waals surface area contributed by atoms with E-state index >= 15 is 0 Å². The number of allylic oxidation sites excluding steroid dienone is 2. The second kappa shape index (κ2) is 9.29. The number of hydrogen-bond acceptors (Lipinski definition) is 9. The quantitative estimate of drug-likeness (QED) is 0.453. The maximum absolute atomic E-state index is 14.5. The minimum absolute atomic E-state index is 0.00945. The fourth-order valence-electron chi connectivity index (χ4n) is 4.42. The molecule has 2 aromatic heterocycles. The van der Waals surface area contributed by atoms with Crippen molar-refractivity contribution in [1.29, 1.82) is 0 Å². The van der Waals surface area contributed by atoms with Gasteiger partial charge in [0.05, 0.1) is 30.5 Å². The van der Waals surface area contributed by atoms with Crippen molar-refractivity contribution in [2.45, 2.75) is 45.6 Å². The number of halogens is 1. The minimum atomic E-state index is -0.603. The van der Waals surface area contributed by atoms with E-state index in [-0.39, 0.29) is 24.2 Å². The molecule has 10 nitrogen and oxygen atoms in total. The Morgan fingerprint density at radius 1 is 1.34 bits per heavy atom. The molecule has 3 heterocycles. The lowest BCUT2D eigenvalue weighted by molar-refractivity contribution is 0.206. The number of rotatable bonds is 6. The highest BCUT2D eigenvalue weighted by atomic mass is 19.1. The Bertz CT molecular complexity index is 1310. The number of aromatic nitrogens is 4. The van der Waals surface area contributed by atoms with Gasteiger partial charge in [-0.3, -0.25) is 4.99 Å². The molecule has 11 heteroatoms. The molecule has 0 radical (unpaired) electrons. The number of ether oxygens (including phenoxy) is 1. The molecule has 4 rings (SSSR count). The molecule has 0 amide bonds. The van der Waals surface area contributed by atoms with Crippen LogP contribution in [0.1, 0.15) is 45.9 Å². The number of anilines is 1. The van der Waals surface area contributed by atoms with E-state index in [1.54, 1.807) is 6.21 Å². The maximum Gasteiger partial charge on any atom is 0.223 e. The van der Waals surface area contributed by atoms with Gasteiger partial charge in [-0.1, -0.05) is 6.92 Å². The van der Waals surface area contributed by atoms with E-state index in [2.05, 4.69) is 26.9 Å². The Morgan fingerprint density at radius 2 is 2.09 bits per heavy atom. The van der Waals surface area contributed by atoms with Gasteiger partial charge in [0, 0.05) is 42.4 Å². The molecule has 188 valence electrons. The van der Waals surface area contributed by atoms with Crippen LogP contribution in [0.2, 0.25) is 0 Å². The molecule has 35 heavy (non-hydrogen) atoms. The molecule has 1 aliphatic heterocycles. The number of piperidine rings is 1. The largest absolute Gasteiger partial charge is 0.494 e. The van der Waals surface area contributed by atoms with Crippen LogP contribution in [0.4, 0.5) is 10.3 Å². The summed E-state index contributed by atoms with van der Waals surface area (Å²) in [7, 11) is 1.40. The number of aliphatic hydroxyl groups is 1. The second-order valence-electron chi connectivity index (χ2n) is 9.92. The number of nitrogen functional groups attached to an aromatic ring is 1. The van der Waals surface area contributed by atoms with Crippen molar-refractivity contribution in [1.82, 2.24) is 24.5 Å². The van der Waals surface area contributed by atoms with Crippen LogP contribution >= 0.6 is 0 Å². The lowest BCUT2D eigenvalue weighted by atomic mass is 9.89. The lowest BCUT2D eigenvalue weighted by Crippen LogP contribution is -2.40. The van der Waals surface area contributed by atoms with E-state index in [4.69, 9.17) is 21.2 Å². The van der Waals surface area contributed by atoms with Gasteiger partial charge in [-0.25, -0.2) is 14.4 Å². The van der Waals surface area contributed by atoms with E-state index in [1.807, 2.05) is 20.8 Å². The van der Waals surface area contributed by atoms with Gasteiger partial charge in [-0.2, -0.15) is 4.52 Å². The molecule has 1 aliphatic rings. The highest BCUT2D eigenvalue weighted by molar-refractivity contribution is 5.93. The first-order valence-corrected chi connectivity index (χ1v) is 11.6. The number of hydrogen-bond donors (Lipinski definition) is 3. The molecule has 3 aromatic rings. The Labute approximate surface area is 203 Å². The van der Waals surface area contributed by atoms with Crippen molar-refractivity contribution in [2.24, 2.45) is 16.6 Å². The zero-order valence-corrected chi connectivity index (χ0v) is 20.8. The highest BCUT2D eigenvalue weighted by Crippen LogP contribution is 2.33. The zero-order chi connectivity index (χ0) is 25.5. The van der Waals surface area contributed by atoms with Crippen LogP contribution in [0.3, 0.4) is 0 Å². The van der Waals surface area contributed by atoms with Crippen LogP contribution in [0.5, 0.6) is 5.75 Å². The standard InChI is InChI=1S/C24H33FN8O2/c1-13-6-15(11-32(10-13)19(14(2)26)9-28-24(3,4)12-34)21-30-22-16-7-17(25)20(35-5)8-18(16)29-23(27)33(22)31-21/h7-9,13,15,34H,6,10-12,26H2,1-5H3,(H2,27,29)/t13-,15+/m1/s1. The number of benzene rings is 1. The molecule has 0 unspecified atom stereocenters. The summed E-state index contributed by atoms with van der Waals surface area (Å²) < 4.78 is 21.0. The number of fused-ring (bicyclic) bond motifs is 3. The third kappa shape index (κ3) is 4.86. The van der Waals surface area contributed by atoms with Crippen LogP contribution < -0.4 is 16.2 Å². The van der Waals surface area contributed by atoms with Gasteiger partial charge in [-0.05, 0) is 39.2 Å². The molecule has 1 fully saturated rings. The van der Waals surface area contributed by atoms with Gasteiger partial charge < -0.3 is 26.2 Å². The monoisotopic (exact) mass is 484 g/mol. The predicted octanol–water partition coefficient (Wildman–Crippen LogP) is 2.46. The average molecular weight is 485 g/mol. The fraction of sp³-hybridized carbons (Fsp3) is 0.500. The Hall–Kier alpha value is -3.47. The summed E-state index contributed by atoms with van der Waals surface area (Å²) >= 11 is 0. The summed E-state index contributed by atoms with van der Waals surface area (Å²) in [6.07, 6.45) is 2.61. The fourth-order valence-corrected chi connectivity index (χ4v) is 4.42. The van der Waals surface area contributed by atoms with Gasteiger partial charge in [-0.15, -0.1) is 5.10 Å². The van der Waals surface area contributed by atoms with Crippen LogP contribution in [0.25, 0.3) is 16.6 Å². The van der Waals surface area contributed by atoms with Crippen molar-refractivity contribution < 1.29 is 14.2 Å². The molecular formula is C24H33FN8O2. The summed E-state index contributed by atoms with van der Waals surface area (Å²) in [4.78, 5) is 15.9. The molecule has 1 saturated heterocycles. The summed E-state index contributed by atoms with van der Waals surface area (Å²) in [5, 5.41) is 14.7. The number of aliphatic hydroxyl groups excluding tert-OH is 1. The first kappa shape index (κ1) is 24.6. The second-order valence-corrected chi connectivity index (χ2v) is 9.92. The third-order valence-electron chi connectivity index (χ3n) is 6.28. The van der Waals surface area contributed by atoms with Crippen molar-refractivity contribution in [2.75, 3.05) is 32.5 Å². The van der Waals surface area contributed by atoms with E-state index in [9.17, 15) is 9.50 Å². The molecule has 0 bridgehead atoms. The average Bonchev–Trinajstić information content (AvgIpc) is 3.25. The third-order valence-corrected chi connectivity index (χ3v) is 6.28. The zero-order valence-electron chi connectivity index (χ0n) is 20.8. The molecule has 1 aromatic carbocycles. The topological polar surface area (TPSA) is 140 Å². The number of nitrogens with two attached hydrogens (primary N) is 2. The predicted molar refractivity (Wildman–Crippen MR) is 134 cm³/mol. The Morgan fingerprint density at radius 3 is 2.74 bits per heavy atom. The van der Waals surface area contributed by atoms with E-state index in [1.165, 1.54) is 23.8 Å². The van der Waals surface area contributed by atoms with Crippen LogP contribution in [-0.4, -0.2) is 68.1 Å². The molecule has 0 aliphatic carbocycles. The van der Waals surface area contributed by atoms with Gasteiger partial charge >= 0.3 is 0 Å². The first-order valence-electron chi connectivity index (χ1n) is 11.6. The normalized spacial score (nSPS) is 20.1. The highest BCUT2D eigenvalue weighted by Gasteiger charge is 2.31. The van der Waals surface area contributed by atoms with Gasteiger partial charge in [0.25, 0.3) is 0 Å². The summed E-state index contributed by atoms with van der Waals surface area (Å²) in [6.45, 7) is 9.08. The molecule has 0 saturated carbocycles. The van der Waals surface area contributed by atoms with E-state index in [0.29, 0.717) is 40.5 Å². The summed E-state index contributed by atoms with van der Waals surface area (Å²) in [5.74, 6) is 0.687. The van der Waals surface area contributed by atoms with Gasteiger partial charge in [0.15, 0.2) is 23.0 Å². The molecule has 0 spiro atoms. The summed E-state index contributed by atoms with van der Waals surface area (Å²) in [5.41, 5.74) is 14.2. The van der Waals surface area contributed by atoms with Crippen molar-refractivity contribution in [3.05, 3.63) is 35.2 Å². The lowest BCUT2D eigenvalue weighted by Gasteiger charge is -2.38. The van der Waals surface area contributed by atoms with Crippen LogP contribution in [-0.2, 0) is 0 Å². The first-order chi connectivity index (χ1) is 16.5. The minimum Gasteiger partial charge on any atom is -0.494 e. The van der Waals surface area contributed by atoms with E-state index in [0.717, 1.165) is 18.7 Å². The Kier molecular flexibility index (Phi) is 6.54. The smallest absolute Gasteiger partial charge is 0.223 e. The van der Waals surface area contributed by atoms with E-state index < -0.39 is 11.4 Å². The van der Waals surface area contributed by atoms with Gasteiger partial charge in [0.2, 0.25) is 5.95 Å². The van der Waals surface area contributed by atoms with Crippen LogP contribution in [0, 0.1) is 11.7 Å². The van der Waals surface area contributed by atoms with Crippen molar-refractivity contribution in [3.8, 4) is 5.75 Å². The number of methoxy groups -OCH3 is 1. The maximum atomic E-state index is 14.5. The number of nitrogens with zero attached hydrogens (tertiary/aromatic N) is 6. The molecular weight excluding hydrogens is 451 g/mol. The van der Waals surface area contributed by atoms with Crippen LogP contribution in [0.15, 0.2) is 28.5 Å². The number of likely N-dealkylation sites (tertiary alicyclic amines) is 1. The Balaban J connectivity index is 1.72. The van der Waals surface area contributed by atoms with Crippen molar-refractivity contribution in [3.63, 3.8) is 0 Å². The SMILES string of the molecule is COc1cc2nc(N)n3nc([C@H]4C[C@@H](C)CN(C(C=NC(C)(C)CO)=C(C)N)C4)nc3c2cc1F.